The number of halogens is 1. The number of amides is 1. The predicted octanol–water partition coefficient (Wildman–Crippen LogP) is 3.51. The third-order valence-corrected chi connectivity index (χ3v) is 3.62. The zero-order valence-corrected chi connectivity index (χ0v) is 13.5. The van der Waals surface area contributed by atoms with Crippen LogP contribution in [0, 0.1) is 0 Å². The smallest absolute Gasteiger partial charge is 0.222 e. The van der Waals surface area contributed by atoms with E-state index >= 15 is 0 Å². The number of aromatic nitrogens is 2. The number of carbonyl (C=O) groups is 1. The van der Waals surface area contributed by atoms with Gasteiger partial charge in [-0.15, -0.1) is 6.58 Å². The second-order valence-corrected chi connectivity index (χ2v) is 5.45. The summed E-state index contributed by atoms with van der Waals surface area (Å²) < 4.78 is 2.03. The highest BCUT2D eigenvalue weighted by Crippen LogP contribution is 2.13. The molecule has 0 aliphatic carbocycles. The molecule has 1 amide bonds. The number of hydrogen-bond donors (Lipinski definition) is 0. The Morgan fingerprint density at radius 3 is 3.00 bits per heavy atom. The average molecular weight is 318 g/mol. The largest absolute Gasteiger partial charge is 0.332 e. The fraction of sp³-hybridized carbons (Fsp3) is 0.294. The molecule has 0 saturated carbocycles. The van der Waals surface area contributed by atoms with Crippen molar-refractivity contribution in [1.29, 1.82) is 0 Å². The van der Waals surface area contributed by atoms with E-state index in [1.165, 1.54) is 0 Å². The van der Waals surface area contributed by atoms with E-state index in [1.54, 1.807) is 17.2 Å². The first kappa shape index (κ1) is 16.3. The Morgan fingerprint density at radius 2 is 2.32 bits per heavy atom. The normalized spacial score (nSPS) is 10.5. The minimum absolute atomic E-state index is 0.0946. The Hall–Kier alpha value is -2.07. The Balaban J connectivity index is 2.14. The Bertz CT molecular complexity index is 651. The van der Waals surface area contributed by atoms with Crippen LogP contribution >= 0.6 is 11.6 Å². The first-order valence-electron chi connectivity index (χ1n) is 7.27. The Labute approximate surface area is 136 Å². The van der Waals surface area contributed by atoms with Crippen LogP contribution in [0.1, 0.15) is 24.7 Å². The van der Waals surface area contributed by atoms with E-state index in [-0.39, 0.29) is 5.91 Å². The molecule has 0 unspecified atom stereocenters. The molecule has 0 bridgehead atoms. The first-order valence-corrected chi connectivity index (χ1v) is 7.65. The van der Waals surface area contributed by atoms with E-state index < -0.39 is 0 Å². The van der Waals surface area contributed by atoms with Gasteiger partial charge in [-0.1, -0.05) is 36.7 Å². The summed E-state index contributed by atoms with van der Waals surface area (Å²) in [4.78, 5) is 18.1. The molecule has 0 spiro atoms. The fourth-order valence-corrected chi connectivity index (χ4v) is 2.49. The second kappa shape index (κ2) is 7.80. The van der Waals surface area contributed by atoms with Crippen molar-refractivity contribution in [3.8, 4) is 0 Å². The van der Waals surface area contributed by atoms with Crippen molar-refractivity contribution >= 4 is 17.5 Å². The maximum absolute atomic E-state index is 12.0. The lowest BCUT2D eigenvalue weighted by molar-refractivity contribution is -0.131. The zero-order chi connectivity index (χ0) is 15.9. The van der Waals surface area contributed by atoms with Gasteiger partial charge in [0.1, 0.15) is 5.82 Å². The summed E-state index contributed by atoms with van der Waals surface area (Å²) in [5.74, 6) is 0.945. The highest BCUT2D eigenvalue weighted by molar-refractivity contribution is 6.30. The van der Waals surface area contributed by atoms with Gasteiger partial charge in [-0.05, 0) is 17.7 Å². The van der Waals surface area contributed by atoms with Gasteiger partial charge < -0.3 is 9.47 Å². The molecular formula is C17H20ClN3O. The van der Waals surface area contributed by atoms with Gasteiger partial charge in [0.05, 0.1) is 6.54 Å². The van der Waals surface area contributed by atoms with E-state index in [4.69, 9.17) is 11.6 Å². The van der Waals surface area contributed by atoms with Crippen molar-refractivity contribution in [2.45, 2.75) is 26.4 Å². The first-order chi connectivity index (χ1) is 10.6. The van der Waals surface area contributed by atoms with Gasteiger partial charge in [-0.3, -0.25) is 4.79 Å². The van der Waals surface area contributed by atoms with Gasteiger partial charge in [-0.25, -0.2) is 4.98 Å². The van der Waals surface area contributed by atoms with E-state index in [9.17, 15) is 4.79 Å². The van der Waals surface area contributed by atoms with Crippen molar-refractivity contribution in [3.05, 3.63) is 65.7 Å². The van der Waals surface area contributed by atoms with Crippen molar-refractivity contribution in [3.63, 3.8) is 0 Å². The standard InChI is InChI=1S/C17H20ClN3O/c1-3-9-21(17(22)4-2)13-16-19-8-10-20(16)12-14-6-5-7-15(18)11-14/h3,5-8,10-11H,1,4,9,12-13H2,2H3. The zero-order valence-electron chi connectivity index (χ0n) is 12.7. The Kier molecular flexibility index (Phi) is 5.78. The molecule has 22 heavy (non-hydrogen) atoms. The van der Waals surface area contributed by atoms with Crippen molar-refractivity contribution in [2.75, 3.05) is 6.54 Å². The number of imidazole rings is 1. The highest BCUT2D eigenvalue weighted by atomic mass is 35.5. The van der Waals surface area contributed by atoms with Gasteiger partial charge in [0.2, 0.25) is 5.91 Å². The maximum Gasteiger partial charge on any atom is 0.222 e. The molecule has 0 fully saturated rings. The van der Waals surface area contributed by atoms with Crippen molar-refractivity contribution in [1.82, 2.24) is 14.5 Å². The quantitative estimate of drug-likeness (QED) is 0.733. The minimum Gasteiger partial charge on any atom is -0.332 e. The van der Waals surface area contributed by atoms with E-state index in [2.05, 4.69) is 11.6 Å². The molecule has 0 atom stereocenters. The third-order valence-electron chi connectivity index (χ3n) is 3.38. The summed E-state index contributed by atoms with van der Waals surface area (Å²) in [5, 5.41) is 0.716. The molecule has 2 rings (SSSR count). The molecular weight excluding hydrogens is 298 g/mol. The summed E-state index contributed by atoms with van der Waals surface area (Å²) in [6.45, 7) is 7.25. The molecule has 2 aromatic rings. The molecule has 0 radical (unpaired) electrons. The average Bonchev–Trinajstić information content (AvgIpc) is 2.93. The lowest BCUT2D eigenvalue weighted by Gasteiger charge is -2.20. The van der Waals surface area contributed by atoms with Crippen molar-refractivity contribution in [2.24, 2.45) is 0 Å². The lowest BCUT2D eigenvalue weighted by atomic mass is 10.2. The van der Waals surface area contributed by atoms with Gasteiger partial charge in [0, 0.05) is 36.9 Å². The molecule has 0 saturated heterocycles. The number of benzene rings is 1. The SMILES string of the molecule is C=CCN(Cc1nccn1Cc1cccc(Cl)c1)C(=O)CC. The molecule has 0 N–H and O–H groups in total. The van der Waals surface area contributed by atoms with Gasteiger partial charge in [-0.2, -0.15) is 0 Å². The van der Waals surface area contributed by atoms with Crippen LogP contribution in [0.2, 0.25) is 5.02 Å². The monoisotopic (exact) mass is 317 g/mol. The summed E-state index contributed by atoms with van der Waals surface area (Å²) in [5.41, 5.74) is 1.10. The third kappa shape index (κ3) is 4.21. The molecule has 1 aromatic carbocycles. The lowest BCUT2D eigenvalue weighted by Crippen LogP contribution is -2.31. The Morgan fingerprint density at radius 1 is 1.50 bits per heavy atom. The molecule has 4 nitrogen and oxygen atoms in total. The predicted molar refractivity (Wildman–Crippen MR) is 88.7 cm³/mol. The fourth-order valence-electron chi connectivity index (χ4n) is 2.27. The number of rotatable bonds is 7. The van der Waals surface area contributed by atoms with Crippen molar-refractivity contribution < 1.29 is 4.79 Å². The van der Waals surface area contributed by atoms with Crippen LogP contribution in [0.5, 0.6) is 0 Å². The van der Waals surface area contributed by atoms with E-state index in [1.807, 2.05) is 42.0 Å². The van der Waals surface area contributed by atoms with Crippen LogP contribution in [0.25, 0.3) is 0 Å². The van der Waals surface area contributed by atoms with Crippen LogP contribution in [-0.4, -0.2) is 26.9 Å². The summed E-state index contributed by atoms with van der Waals surface area (Å²) in [6, 6.07) is 7.74. The molecule has 1 heterocycles. The van der Waals surface area contributed by atoms with Crippen LogP contribution in [0.4, 0.5) is 0 Å². The van der Waals surface area contributed by atoms with Gasteiger partial charge in [0.15, 0.2) is 0 Å². The maximum atomic E-state index is 12.0. The summed E-state index contributed by atoms with van der Waals surface area (Å²) in [6.07, 6.45) is 5.88. The van der Waals surface area contributed by atoms with E-state index in [0.717, 1.165) is 11.4 Å². The number of carbonyl (C=O) groups excluding carboxylic acids is 1. The topological polar surface area (TPSA) is 38.1 Å². The summed E-state index contributed by atoms with van der Waals surface area (Å²) >= 11 is 6.02. The van der Waals surface area contributed by atoms with Gasteiger partial charge >= 0.3 is 0 Å². The van der Waals surface area contributed by atoms with Crippen LogP contribution < -0.4 is 0 Å². The number of nitrogens with zero attached hydrogens (tertiary/aromatic N) is 3. The molecule has 1 aromatic heterocycles. The molecule has 0 aliphatic heterocycles. The second-order valence-electron chi connectivity index (χ2n) is 5.02. The molecule has 116 valence electrons. The summed E-state index contributed by atoms with van der Waals surface area (Å²) in [7, 11) is 0. The number of hydrogen-bond acceptors (Lipinski definition) is 2. The van der Waals surface area contributed by atoms with Crippen LogP contribution in [0.3, 0.4) is 0 Å². The van der Waals surface area contributed by atoms with Crippen LogP contribution in [0.15, 0.2) is 49.3 Å². The van der Waals surface area contributed by atoms with E-state index in [0.29, 0.717) is 31.1 Å². The minimum atomic E-state index is 0.0946. The molecule has 0 aliphatic rings. The highest BCUT2D eigenvalue weighted by Gasteiger charge is 2.14. The van der Waals surface area contributed by atoms with Crippen LogP contribution in [-0.2, 0) is 17.9 Å². The molecule has 5 heteroatoms. The van der Waals surface area contributed by atoms with Gasteiger partial charge in [0.25, 0.3) is 0 Å².